The van der Waals surface area contributed by atoms with Crippen molar-refractivity contribution >= 4 is 11.6 Å². The van der Waals surface area contributed by atoms with Crippen molar-refractivity contribution in [2.75, 3.05) is 6.54 Å². The number of carbonyl (C=O) groups is 1. The Bertz CT molecular complexity index is 523. The number of non-ortho nitro benzene ring substituents is 1. The average molecular weight is 246 g/mol. The maximum absolute atomic E-state index is 11.9. The van der Waals surface area contributed by atoms with Crippen molar-refractivity contribution < 1.29 is 9.72 Å². The molecule has 2 fully saturated rings. The van der Waals surface area contributed by atoms with Gasteiger partial charge in [-0.25, -0.2) is 0 Å². The highest BCUT2D eigenvalue weighted by Gasteiger charge is 2.54. The van der Waals surface area contributed by atoms with E-state index in [4.69, 9.17) is 0 Å². The lowest BCUT2D eigenvalue weighted by atomic mass is 9.61. The monoisotopic (exact) mass is 246 g/mol. The summed E-state index contributed by atoms with van der Waals surface area (Å²) in [5.41, 5.74) is 0.707. The minimum Gasteiger partial charge on any atom is -0.355 e. The highest BCUT2D eigenvalue weighted by Crippen LogP contribution is 2.54. The van der Waals surface area contributed by atoms with Gasteiger partial charge in [0, 0.05) is 24.6 Å². The van der Waals surface area contributed by atoms with E-state index in [-0.39, 0.29) is 27.9 Å². The molecule has 1 aliphatic carbocycles. The first-order valence-electron chi connectivity index (χ1n) is 6.16. The lowest BCUT2D eigenvalue weighted by Crippen LogP contribution is -2.40. The number of amides is 1. The van der Waals surface area contributed by atoms with E-state index in [0.717, 1.165) is 24.8 Å². The number of nitrogens with zero attached hydrogens (tertiary/aromatic N) is 1. The summed E-state index contributed by atoms with van der Waals surface area (Å²) in [4.78, 5) is 22.3. The molecule has 0 bridgehead atoms. The highest BCUT2D eigenvalue weighted by atomic mass is 16.6. The average Bonchev–Trinajstić information content (AvgIpc) is 2.66. The molecule has 1 aromatic carbocycles. The Hall–Kier alpha value is -1.91. The normalized spacial score (nSPS) is 24.7. The van der Waals surface area contributed by atoms with Crippen molar-refractivity contribution in [3.05, 3.63) is 39.9 Å². The highest BCUT2D eigenvalue weighted by molar-refractivity contribution is 5.87. The van der Waals surface area contributed by atoms with Crippen LogP contribution in [0.15, 0.2) is 24.3 Å². The molecule has 1 aliphatic heterocycles. The summed E-state index contributed by atoms with van der Waals surface area (Å²) in [7, 11) is 0. The Morgan fingerprint density at radius 2 is 2.17 bits per heavy atom. The molecule has 94 valence electrons. The van der Waals surface area contributed by atoms with E-state index in [9.17, 15) is 14.9 Å². The van der Waals surface area contributed by atoms with Crippen LogP contribution in [0.1, 0.15) is 30.7 Å². The van der Waals surface area contributed by atoms with Gasteiger partial charge in [0.05, 0.1) is 10.3 Å². The zero-order valence-electron chi connectivity index (χ0n) is 9.89. The van der Waals surface area contributed by atoms with Crippen molar-refractivity contribution in [2.24, 2.45) is 5.41 Å². The zero-order valence-corrected chi connectivity index (χ0v) is 9.89. The lowest BCUT2D eigenvalue weighted by Gasteiger charge is -2.40. The van der Waals surface area contributed by atoms with Gasteiger partial charge in [0.25, 0.3) is 5.69 Å². The second-order valence-electron chi connectivity index (χ2n) is 5.12. The fraction of sp³-hybridized carbons (Fsp3) is 0.462. The predicted octanol–water partition coefficient (Wildman–Crippen LogP) is 1.98. The standard InChI is InChI=1S/C13H14N2O3/c16-12-13(5-2-6-13)11(8-14-12)9-3-1-4-10(7-9)15(17)18/h1,3-4,7,11H,2,5-6,8H2,(H,14,16)/t11-/m0/s1. The second-order valence-corrected chi connectivity index (χ2v) is 5.12. The van der Waals surface area contributed by atoms with Crippen LogP contribution in [0.2, 0.25) is 0 Å². The third kappa shape index (κ3) is 1.43. The van der Waals surface area contributed by atoms with Gasteiger partial charge in [0.2, 0.25) is 5.91 Å². The van der Waals surface area contributed by atoms with Crippen LogP contribution in [0.3, 0.4) is 0 Å². The van der Waals surface area contributed by atoms with Crippen LogP contribution < -0.4 is 5.32 Å². The molecule has 0 unspecified atom stereocenters. The topological polar surface area (TPSA) is 72.2 Å². The third-order valence-corrected chi connectivity index (χ3v) is 4.32. The van der Waals surface area contributed by atoms with Gasteiger partial charge in [-0.15, -0.1) is 0 Å². The summed E-state index contributed by atoms with van der Waals surface area (Å²) >= 11 is 0. The molecular weight excluding hydrogens is 232 g/mol. The maximum Gasteiger partial charge on any atom is 0.269 e. The Morgan fingerprint density at radius 3 is 2.78 bits per heavy atom. The van der Waals surface area contributed by atoms with E-state index in [1.165, 1.54) is 6.07 Å². The van der Waals surface area contributed by atoms with Gasteiger partial charge in [-0.3, -0.25) is 14.9 Å². The molecular formula is C13H14N2O3. The van der Waals surface area contributed by atoms with Crippen molar-refractivity contribution in [1.29, 1.82) is 0 Å². The van der Waals surface area contributed by atoms with Crippen molar-refractivity contribution in [3.8, 4) is 0 Å². The number of hydrogen-bond acceptors (Lipinski definition) is 3. The van der Waals surface area contributed by atoms with E-state index in [2.05, 4.69) is 5.32 Å². The minimum atomic E-state index is -0.388. The van der Waals surface area contributed by atoms with Crippen molar-refractivity contribution in [2.45, 2.75) is 25.2 Å². The van der Waals surface area contributed by atoms with Gasteiger partial charge in [-0.05, 0) is 18.4 Å². The van der Waals surface area contributed by atoms with Gasteiger partial charge in [0.15, 0.2) is 0 Å². The molecule has 1 spiro atoms. The number of nitro benzene ring substituents is 1. The number of nitro groups is 1. The molecule has 1 N–H and O–H groups in total. The van der Waals surface area contributed by atoms with E-state index in [0.29, 0.717) is 6.54 Å². The summed E-state index contributed by atoms with van der Waals surface area (Å²) in [5, 5.41) is 13.7. The SMILES string of the molecule is O=C1NC[C@@H](c2cccc([N+](=O)[O-])c2)C12CCC2. The van der Waals surface area contributed by atoms with Gasteiger partial charge >= 0.3 is 0 Å². The van der Waals surface area contributed by atoms with Crippen LogP contribution in [0.25, 0.3) is 0 Å². The molecule has 1 saturated heterocycles. The number of hydrogen-bond donors (Lipinski definition) is 1. The first-order chi connectivity index (χ1) is 8.63. The van der Waals surface area contributed by atoms with Crippen LogP contribution in [-0.4, -0.2) is 17.4 Å². The maximum atomic E-state index is 11.9. The van der Waals surface area contributed by atoms with E-state index in [1.807, 2.05) is 6.07 Å². The summed E-state index contributed by atoms with van der Waals surface area (Å²) in [6, 6.07) is 6.67. The number of carbonyl (C=O) groups excluding carboxylic acids is 1. The summed E-state index contributed by atoms with van der Waals surface area (Å²) in [6.07, 6.45) is 2.86. The Morgan fingerprint density at radius 1 is 1.39 bits per heavy atom. The molecule has 0 radical (unpaired) electrons. The molecule has 18 heavy (non-hydrogen) atoms. The summed E-state index contributed by atoms with van der Waals surface area (Å²) in [5.74, 6) is 0.198. The van der Waals surface area contributed by atoms with Gasteiger partial charge in [0.1, 0.15) is 0 Å². The predicted molar refractivity (Wildman–Crippen MR) is 65.1 cm³/mol. The zero-order chi connectivity index (χ0) is 12.8. The van der Waals surface area contributed by atoms with Crippen LogP contribution >= 0.6 is 0 Å². The van der Waals surface area contributed by atoms with Crippen LogP contribution in [-0.2, 0) is 4.79 Å². The molecule has 5 heteroatoms. The Kier molecular flexibility index (Phi) is 2.36. The number of benzene rings is 1. The molecule has 1 atom stereocenters. The quantitative estimate of drug-likeness (QED) is 0.640. The van der Waals surface area contributed by atoms with Gasteiger partial charge in [-0.2, -0.15) is 0 Å². The van der Waals surface area contributed by atoms with Crippen molar-refractivity contribution in [1.82, 2.24) is 5.32 Å². The lowest BCUT2D eigenvalue weighted by molar-refractivity contribution is -0.384. The van der Waals surface area contributed by atoms with E-state index >= 15 is 0 Å². The van der Waals surface area contributed by atoms with E-state index < -0.39 is 0 Å². The summed E-state index contributed by atoms with van der Waals surface area (Å²) < 4.78 is 0. The molecule has 1 heterocycles. The minimum absolute atomic E-state index is 0.0821. The Balaban J connectivity index is 1.97. The molecule has 0 aromatic heterocycles. The first kappa shape index (κ1) is 11.2. The number of nitrogens with one attached hydrogen (secondary N) is 1. The molecule has 5 nitrogen and oxygen atoms in total. The van der Waals surface area contributed by atoms with Gasteiger partial charge in [-0.1, -0.05) is 18.6 Å². The molecule has 1 saturated carbocycles. The molecule has 1 aromatic rings. The third-order valence-electron chi connectivity index (χ3n) is 4.32. The largest absolute Gasteiger partial charge is 0.355 e. The van der Waals surface area contributed by atoms with Crippen molar-refractivity contribution in [3.63, 3.8) is 0 Å². The van der Waals surface area contributed by atoms with Crippen LogP contribution in [0, 0.1) is 15.5 Å². The Labute approximate surface area is 104 Å². The molecule has 1 amide bonds. The first-order valence-corrected chi connectivity index (χ1v) is 6.16. The molecule has 3 rings (SSSR count). The fourth-order valence-electron chi connectivity index (χ4n) is 3.15. The fourth-order valence-corrected chi connectivity index (χ4v) is 3.15. The number of rotatable bonds is 2. The summed E-state index contributed by atoms with van der Waals surface area (Å²) in [6.45, 7) is 0.597. The second kappa shape index (κ2) is 3.80. The van der Waals surface area contributed by atoms with Crippen LogP contribution in [0.5, 0.6) is 0 Å². The molecule has 2 aliphatic rings. The smallest absolute Gasteiger partial charge is 0.269 e. The van der Waals surface area contributed by atoms with Crippen LogP contribution in [0.4, 0.5) is 5.69 Å². The van der Waals surface area contributed by atoms with E-state index in [1.54, 1.807) is 12.1 Å². The van der Waals surface area contributed by atoms with Gasteiger partial charge < -0.3 is 5.32 Å².